The zero-order valence-electron chi connectivity index (χ0n) is 21.1. The van der Waals surface area contributed by atoms with Crippen LogP contribution in [-0.4, -0.2) is 41.5 Å². The maximum atomic E-state index is 13.4. The lowest BCUT2D eigenvalue weighted by Crippen LogP contribution is -2.48. The molecule has 0 aliphatic carbocycles. The van der Waals surface area contributed by atoms with E-state index in [1.165, 1.54) is 25.1 Å². The highest BCUT2D eigenvalue weighted by Crippen LogP contribution is 2.19. The third-order valence-electron chi connectivity index (χ3n) is 5.63. The number of pyridine rings is 1. The van der Waals surface area contributed by atoms with Gasteiger partial charge in [-0.05, 0) is 54.6 Å². The minimum atomic E-state index is -0.511. The van der Waals surface area contributed by atoms with Crippen molar-refractivity contribution in [1.82, 2.24) is 20.5 Å². The Morgan fingerprint density at radius 3 is 2.56 bits per heavy atom. The summed E-state index contributed by atoms with van der Waals surface area (Å²) < 4.78 is 26.2. The molecule has 3 rings (SSSR count). The fourth-order valence-electron chi connectivity index (χ4n) is 3.50. The van der Waals surface area contributed by atoms with Gasteiger partial charge in [-0.25, -0.2) is 13.6 Å². The average Bonchev–Trinajstić information content (AvgIpc) is 2.84. The largest absolute Gasteiger partial charge is 0.354 e. The van der Waals surface area contributed by atoms with E-state index in [9.17, 15) is 18.4 Å². The molecule has 3 aromatic rings. The number of carbonyl (C=O) groups is 2. The number of hydrogen-bond donors (Lipinski definition) is 2. The fourth-order valence-corrected chi connectivity index (χ4v) is 3.69. The zero-order chi connectivity index (χ0) is 26.7. The van der Waals surface area contributed by atoms with Gasteiger partial charge < -0.3 is 15.5 Å². The van der Waals surface area contributed by atoms with Gasteiger partial charge in [-0.15, -0.1) is 0 Å². The molecule has 1 atom stereocenters. The number of aryl methyl sites for hydroxylation is 1. The van der Waals surface area contributed by atoms with Crippen molar-refractivity contribution >= 4 is 34.3 Å². The number of halogens is 3. The summed E-state index contributed by atoms with van der Waals surface area (Å²) >= 11 is 5.88. The molecule has 1 aromatic heterocycles. The number of likely N-dealkylation sites (N-methyl/N-ethyl adjacent to an activating group) is 1. The second kappa shape index (κ2) is 14.3. The lowest BCUT2D eigenvalue weighted by atomic mass is 10.1. The van der Waals surface area contributed by atoms with E-state index in [0.29, 0.717) is 12.1 Å². The minimum absolute atomic E-state index is 0.0150. The number of fused-ring (bicyclic) bond motifs is 1. The number of unbranched alkanes of at least 4 members (excludes halogenated alkanes) is 1. The van der Waals surface area contributed by atoms with Crippen molar-refractivity contribution in [1.29, 1.82) is 0 Å². The standard InChI is InChI=1S/C17H25ClFN3O2.C10H8FN/c1-4-5-8-14(11-20-12(2)23)22(3)17(24)21-10-13-7-6-9-15(19)16(13)18;1-7-4-9-5-10(11)3-2-8(9)6-12-7/h6-7,9,14H,4-5,8,10-11H2,1-3H3,(H,20,23)(H,21,24);2-6H,1H3. The molecule has 1 heterocycles. The van der Waals surface area contributed by atoms with Gasteiger partial charge in [0.05, 0.1) is 11.1 Å². The molecule has 0 bridgehead atoms. The Morgan fingerprint density at radius 1 is 1.11 bits per heavy atom. The summed E-state index contributed by atoms with van der Waals surface area (Å²) in [5.74, 6) is -0.840. The van der Waals surface area contributed by atoms with Crippen LogP contribution in [0.2, 0.25) is 5.02 Å². The van der Waals surface area contributed by atoms with Gasteiger partial charge in [0.25, 0.3) is 0 Å². The highest BCUT2D eigenvalue weighted by molar-refractivity contribution is 6.31. The molecule has 0 fully saturated rings. The molecule has 2 N–H and O–H groups in total. The Morgan fingerprint density at radius 2 is 1.86 bits per heavy atom. The number of hydrogen-bond acceptors (Lipinski definition) is 3. The van der Waals surface area contributed by atoms with Crippen molar-refractivity contribution in [3.8, 4) is 0 Å². The molecule has 1 unspecified atom stereocenters. The first-order valence-electron chi connectivity index (χ1n) is 11.8. The van der Waals surface area contributed by atoms with Gasteiger partial charge in [0.15, 0.2) is 0 Å². The van der Waals surface area contributed by atoms with Gasteiger partial charge >= 0.3 is 6.03 Å². The first kappa shape index (κ1) is 29.0. The van der Waals surface area contributed by atoms with Crippen LogP contribution in [0.25, 0.3) is 10.8 Å². The molecule has 2 aromatic carbocycles. The highest BCUT2D eigenvalue weighted by Gasteiger charge is 2.20. The predicted octanol–water partition coefficient (Wildman–Crippen LogP) is 6.00. The molecule has 36 heavy (non-hydrogen) atoms. The molecule has 0 aliphatic heterocycles. The van der Waals surface area contributed by atoms with Crippen LogP contribution in [0.4, 0.5) is 13.6 Å². The summed E-state index contributed by atoms with van der Waals surface area (Å²) in [6, 6.07) is 10.7. The molecule has 6 nitrogen and oxygen atoms in total. The molecule has 0 radical (unpaired) electrons. The van der Waals surface area contributed by atoms with E-state index >= 15 is 0 Å². The molecule has 0 aliphatic rings. The maximum absolute atomic E-state index is 13.4. The van der Waals surface area contributed by atoms with Crippen molar-refractivity contribution in [3.63, 3.8) is 0 Å². The molecule has 0 saturated heterocycles. The van der Waals surface area contributed by atoms with E-state index in [-0.39, 0.29) is 35.4 Å². The smallest absolute Gasteiger partial charge is 0.317 e. The number of amides is 3. The van der Waals surface area contributed by atoms with Crippen molar-refractivity contribution < 1.29 is 18.4 Å². The van der Waals surface area contributed by atoms with Crippen molar-refractivity contribution in [2.24, 2.45) is 0 Å². The Balaban J connectivity index is 0.000000313. The number of nitrogens with zero attached hydrogens (tertiary/aromatic N) is 2. The van der Waals surface area contributed by atoms with Gasteiger partial charge in [0, 0.05) is 44.3 Å². The van der Waals surface area contributed by atoms with E-state index in [0.717, 1.165) is 35.7 Å². The van der Waals surface area contributed by atoms with Crippen molar-refractivity contribution in [3.05, 3.63) is 76.6 Å². The van der Waals surface area contributed by atoms with Gasteiger partial charge in [0.1, 0.15) is 11.6 Å². The van der Waals surface area contributed by atoms with Crippen LogP contribution < -0.4 is 10.6 Å². The third kappa shape index (κ3) is 9.07. The summed E-state index contributed by atoms with van der Waals surface area (Å²) in [7, 11) is 1.69. The summed E-state index contributed by atoms with van der Waals surface area (Å²) in [6.45, 7) is 5.95. The number of benzene rings is 2. The Labute approximate surface area is 216 Å². The van der Waals surface area contributed by atoms with Gasteiger partial charge in [-0.2, -0.15) is 0 Å². The maximum Gasteiger partial charge on any atom is 0.317 e. The summed E-state index contributed by atoms with van der Waals surface area (Å²) in [6.07, 6.45) is 4.51. The summed E-state index contributed by atoms with van der Waals surface area (Å²) in [5, 5.41) is 7.38. The third-order valence-corrected chi connectivity index (χ3v) is 6.05. The van der Waals surface area contributed by atoms with Crippen LogP contribution in [0.5, 0.6) is 0 Å². The number of urea groups is 1. The number of aromatic nitrogens is 1. The normalized spacial score (nSPS) is 11.3. The SMILES string of the molecule is CCCCC(CNC(C)=O)N(C)C(=O)NCc1cccc(F)c1Cl.Cc1cc2cc(F)ccc2cn1. The monoisotopic (exact) mass is 518 g/mol. The average molecular weight is 519 g/mol. The topological polar surface area (TPSA) is 74.3 Å². The lowest BCUT2D eigenvalue weighted by Gasteiger charge is -2.28. The summed E-state index contributed by atoms with van der Waals surface area (Å²) in [4.78, 5) is 29.1. The lowest BCUT2D eigenvalue weighted by molar-refractivity contribution is -0.119. The first-order valence-corrected chi connectivity index (χ1v) is 12.2. The molecule has 194 valence electrons. The molecule has 3 amide bonds. The quantitative estimate of drug-likeness (QED) is 0.384. The number of carbonyl (C=O) groups excluding carboxylic acids is 2. The van der Waals surface area contributed by atoms with E-state index in [2.05, 4.69) is 22.5 Å². The van der Waals surface area contributed by atoms with Gasteiger partial charge in [-0.3, -0.25) is 9.78 Å². The fraction of sp³-hybridized carbons (Fsp3) is 0.370. The number of rotatable bonds is 8. The molecule has 9 heteroatoms. The predicted molar refractivity (Wildman–Crippen MR) is 140 cm³/mol. The Bertz CT molecular complexity index is 1140. The van der Waals surface area contributed by atoms with Crippen LogP contribution >= 0.6 is 11.6 Å². The van der Waals surface area contributed by atoms with Crippen LogP contribution in [-0.2, 0) is 11.3 Å². The van der Waals surface area contributed by atoms with E-state index in [1.54, 1.807) is 36.3 Å². The van der Waals surface area contributed by atoms with E-state index < -0.39 is 5.82 Å². The van der Waals surface area contributed by atoms with Crippen LogP contribution in [0.15, 0.2) is 48.7 Å². The van der Waals surface area contributed by atoms with Crippen molar-refractivity contribution in [2.75, 3.05) is 13.6 Å². The van der Waals surface area contributed by atoms with Gasteiger partial charge in [-0.1, -0.05) is 43.5 Å². The van der Waals surface area contributed by atoms with Crippen molar-refractivity contribution in [2.45, 2.75) is 52.6 Å². The second-order valence-corrected chi connectivity index (χ2v) is 8.91. The van der Waals surface area contributed by atoms with E-state index in [1.807, 2.05) is 13.0 Å². The molecular formula is C27H33ClF2N4O2. The first-order chi connectivity index (χ1) is 17.1. The molecule has 0 spiro atoms. The Hall–Kier alpha value is -3.26. The zero-order valence-corrected chi connectivity index (χ0v) is 21.8. The highest BCUT2D eigenvalue weighted by atomic mass is 35.5. The number of nitrogens with one attached hydrogen (secondary N) is 2. The van der Waals surface area contributed by atoms with Crippen LogP contribution in [0.3, 0.4) is 0 Å². The van der Waals surface area contributed by atoms with E-state index in [4.69, 9.17) is 11.6 Å². The summed E-state index contributed by atoms with van der Waals surface area (Å²) in [5.41, 5.74) is 1.43. The van der Waals surface area contributed by atoms with Crippen LogP contribution in [0, 0.1) is 18.6 Å². The minimum Gasteiger partial charge on any atom is -0.354 e. The Kier molecular flexibility index (Phi) is 11.5. The second-order valence-electron chi connectivity index (χ2n) is 8.53. The molecule has 0 saturated carbocycles. The molecular weight excluding hydrogens is 486 g/mol. The van der Waals surface area contributed by atoms with Crippen LogP contribution in [0.1, 0.15) is 44.4 Å². The van der Waals surface area contributed by atoms with Gasteiger partial charge in [0.2, 0.25) is 5.91 Å².